The Labute approximate surface area is 186 Å². The van der Waals surface area contributed by atoms with E-state index in [1.54, 1.807) is 23.0 Å². The lowest BCUT2D eigenvalue weighted by Crippen LogP contribution is -2.36. The van der Waals surface area contributed by atoms with Gasteiger partial charge in [-0.05, 0) is 32.8 Å². The van der Waals surface area contributed by atoms with Gasteiger partial charge in [-0.3, -0.25) is 5.10 Å². The van der Waals surface area contributed by atoms with Crippen LogP contribution in [0.25, 0.3) is 5.52 Å². The second-order valence-electron chi connectivity index (χ2n) is 9.59. The molecule has 3 heterocycles. The van der Waals surface area contributed by atoms with Crippen molar-refractivity contribution in [3.05, 3.63) is 35.9 Å². The molecular formula is C22H30FN7O2. The van der Waals surface area contributed by atoms with Crippen LogP contribution in [0.5, 0.6) is 0 Å². The quantitative estimate of drug-likeness (QED) is 0.545. The van der Waals surface area contributed by atoms with E-state index in [0.717, 1.165) is 11.2 Å². The zero-order valence-electron chi connectivity index (χ0n) is 19.0. The van der Waals surface area contributed by atoms with Crippen molar-refractivity contribution in [3.63, 3.8) is 0 Å². The smallest absolute Gasteiger partial charge is 0.407 e. The lowest BCUT2D eigenvalue weighted by atomic mass is 9.92. The van der Waals surface area contributed by atoms with Gasteiger partial charge < -0.3 is 15.4 Å². The SMILES string of the molecule is CC(C)NC(=O)O[C@@H]1CC[C@H](c2cc(Nc3nccn4nc(C(C)(C)C)cc34)n[nH]2)[C@@H]1F. The van der Waals surface area contributed by atoms with Gasteiger partial charge in [-0.15, -0.1) is 0 Å². The zero-order valence-corrected chi connectivity index (χ0v) is 19.0. The minimum Gasteiger partial charge on any atom is -0.443 e. The van der Waals surface area contributed by atoms with Crippen molar-refractivity contribution in [3.8, 4) is 0 Å². The van der Waals surface area contributed by atoms with E-state index in [1.165, 1.54) is 0 Å². The molecule has 32 heavy (non-hydrogen) atoms. The third kappa shape index (κ3) is 4.53. The Bertz CT molecular complexity index is 1100. The van der Waals surface area contributed by atoms with Crippen LogP contribution in [0.2, 0.25) is 0 Å². The second-order valence-corrected chi connectivity index (χ2v) is 9.59. The van der Waals surface area contributed by atoms with Crippen molar-refractivity contribution < 1.29 is 13.9 Å². The van der Waals surface area contributed by atoms with Gasteiger partial charge in [0, 0.05) is 41.5 Å². The Balaban J connectivity index is 1.47. The first-order valence-electron chi connectivity index (χ1n) is 10.9. The van der Waals surface area contributed by atoms with Crippen molar-refractivity contribution in [1.82, 2.24) is 30.1 Å². The molecule has 0 radical (unpaired) electrons. The number of aromatic nitrogens is 5. The van der Waals surface area contributed by atoms with Gasteiger partial charge in [0.15, 0.2) is 11.6 Å². The fourth-order valence-corrected chi connectivity index (χ4v) is 3.88. The predicted octanol–water partition coefficient (Wildman–Crippen LogP) is 4.21. The molecule has 3 atom stereocenters. The Morgan fingerprint density at radius 3 is 2.81 bits per heavy atom. The molecule has 10 heteroatoms. The summed E-state index contributed by atoms with van der Waals surface area (Å²) in [5.74, 6) is 0.734. The number of hydrogen-bond acceptors (Lipinski definition) is 6. The first kappa shape index (κ1) is 22.0. The van der Waals surface area contributed by atoms with E-state index in [4.69, 9.17) is 4.74 Å². The molecule has 3 aromatic heterocycles. The van der Waals surface area contributed by atoms with Crippen molar-refractivity contribution in [2.24, 2.45) is 0 Å². The maximum absolute atomic E-state index is 15.0. The molecule has 0 unspecified atom stereocenters. The number of nitrogens with one attached hydrogen (secondary N) is 3. The molecule has 0 saturated heterocycles. The number of carbonyl (C=O) groups excluding carboxylic acids is 1. The molecule has 0 aliphatic heterocycles. The predicted molar refractivity (Wildman–Crippen MR) is 119 cm³/mol. The number of aromatic amines is 1. The fourth-order valence-electron chi connectivity index (χ4n) is 3.88. The van der Waals surface area contributed by atoms with Crippen molar-refractivity contribution >= 4 is 23.2 Å². The maximum Gasteiger partial charge on any atom is 0.407 e. The number of rotatable bonds is 5. The van der Waals surface area contributed by atoms with Crippen LogP contribution in [-0.2, 0) is 10.2 Å². The number of anilines is 2. The first-order valence-corrected chi connectivity index (χ1v) is 10.9. The Morgan fingerprint density at radius 1 is 1.31 bits per heavy atom. The van der Waals surface area contributed by atoms with Crippen LogP contribution in [0.4, 0.5) is 20.8 Å². The number of ether oxygens (including phenoxy) is 1. The maximum atomic E-state index is 15.0. The monoisotopic (exact) mass is 443 g/mol. The molecule has 9 nitrogen and oxygen atoms in total. The average molecular weight is 444 g/mol. The molecule has 1 fully saturated rings. The molecule has 3 aromatic rings. The van der Waals surface area contributed by atoms with Crippen molar-refractivity contribution in [2.45, 2.75) is 77.1 Å². The van der Waals surface area contributed by atoms with Crippen molar-refractivity contribution in [2.75, 3.05) is 5.32 Å². The largest absolute Gasteiger partial charge is 0.443 e. The standard InChI is InChI=1S/C22H30FN7O2/c1-12(2)25-21(31)32-16-7-6-13(19(16)23)14-10-18(28-27-14)26-20-15-11-17(22(3,4)5)29-30(15)9-8-24-20/h8-13,16,19H,6-7H2,1-5H3,(H,25,31)(H2,24,26,27,28)/t13-,16-,19+/m1/s1. The number of nitrogens with zero attached hydrogens (tertiary/aromatic N) is 4. The zero-order chi connectivity index (χ0) is 23.0. The number of alkyl halides is 1. The summed E-state index contributed by atoms with van der Waals surface area (Å²) in [6, 6.07) is 3.72. The van der Waals surface area contributed by atoms with Crippen LogP contribution in [0.1, 0.15) is 64.8 Å². The Morgan fingerprint density at radius 2 is 2.09 bits per heavy atom. The minimum absolute atomic E-state index is 0.0627. The number of alkyl carbamates (subject to hydrolysis) is 1. The summed E-state index contributed by atoms with van der Waals surface area (Å²) in [4.78, 5) is 16.3. The highest BCUT2D eigenvalue weighted by atomic mass is 19.1. The van der Waals surface area contributed by atoms with Gasteiger partial charge in [-0.25, -0.2) is 18.7 Å². The molecular weight excluding hydrogens is 413 g/mol. The van der Waals surface area contributed by atoms with E-state index in [2.05, 4.69) is 51.7 Å². The van der Waals surface area contributed by atoms with Gasteiger partial charge in [0.1, 0.15) is 17.8 Å². The molecule has 1 aliphatic carbocycles. The highest BCUT2D eigenvalue weighted by molar-refractivity contribution is 5.72. The summed E-state index contributed by atoms with van der Waals surface area (Å²) in [7, 11) is 0. The van der Waals surface area contributed by atoms with Gasteiger partial charge in [0.25, 0.3) is 0 Å². The average Bonchev–Trinajstić information content (AvgIpc) is 3.40. The van der Waals surface area contributed by atoms with Crippen LogP contribution < -0.4 is 10.6 Å². The summed E-state index contributed by atoms with van der Waals surface area (Å²) >= 11 is 0. The van der Waals surface area contributed by atoms with E-state index < -0.39 is 24.3 Å². The summed E-state index contributed by atoms with van der Waals surface area (Å²) in [5, 5.41) is 17.7. The molecule has 1 aliphatic rings. The molecule has 4 rings (SSSR count). The summed E-state index contributed by atoms with van der Waals surface area (Å²) in [6.45, 7) is 9.97. The van der Waals surface area contributed by atoms with E-state index in [0.29, 0.717) is 30.2 Å². The van der Waals surface area contributed by atoms with Gasteiger partial charge in [-0.2, -0.15) is 10.2 Å². The lowest BCUT2D eigenvalue weighted by molar-refractivity contribution is 0.0555. The third-order valence-electron chi connectivity index (χ3n) is 5.57. The highest BCUT2D eigenvalue weighted by Gasteiger charge is 2.41. The van der Waals surface area contributed by atoms with E-state index in [-0.39, 0.29) is 11.5 Å². The second kappa shape index (κ2) is 8.40. The number of halogens is 1. The fraction of sp³-hybridized carbons (Fsp3) is 0.545. The van der Waals surface area contributed by atoms with E-state index in [1.807, 2.05) is 19.9 Å². The van der Waals surface area contributed by atoms with Crippen LogP contribution in [0.15, 0.2) is 24.5 Å². The van der Waals surface area contributed by atoms with Gasteiger partial charge in [0.05, 0.1) is 5.69 Å². The summed E-state index contributed by atoms with van der Waals surface area (Å²) in [6.07, 6.45) is 1.84. The summed E-state index contributed by atoms with van der Waals surface area (Å²) in [5.41, 5.74) is 2.35. The number of hydrogen-bond donors (Lipinski definition) is 3. The molecule has 172 valence electrons. The number of H-pyrrole nitrogens is 1. The normalized spacial score (nSPS) is 21.3. The highest BCUT2D eigenvalue weighted by Crippen LogP contribution is 2.38. The Hall–Kier alpha value is -3.17. The van der Waals surface area contributed by atoms with Crippen LogP contribution >= 0.6 is 0 Å². The number of fused-ring (bicyclic) bond motifs is 1. The minimum atomic E-state index is -1.30. The topological polar surface area (TPSA) is 109 Å². The van der Waals surface area contributed by atoms with Crippen LogP contribution in [0.3, 0.4) is 0 Å². The van der Waals surface area contributed by atoms with Gasteiger partial charge in [0.2, 0.25) is 0 Å². The molecule has 1 amide bonds. The third-order valence-corrected chi connectivity index (χ3v) is 5.57. The molecule has 1 saturated carbocycles. The lowest BCUT2D eigenvalue weighted by Gasteiger charge is -2.18. The van der Waals surface area contributed by atoms with Gasteiger partial charge in [-0.1, -0.05) is 20.8 Å². The van der Waals surface area contributed by atoms with E-state index >= 15 is 0 Å². The number of amides is 1. The molecule has 0 spiro atoms. The Kier molecular flexibility index (Phi) is 5.79. The molecule has 3 N–H and O–H groups in total. The molecule has 0 bridgehead atoms. The van der Waals surface area contributed by atoms with Crippen molar-refractivity contribution in [1.29, 1.82) is 0 Å². The summed E-state index contributed by atoms with van der Waals surface area (Å²) < 4.78 is 22.0. The first-order chi connectivity index (χ1) is 15.1. The van der Waals surface area contributed by atoms with E-state index in [9.17, 15) is 9.18 Å². The van der Waals surface area contributed by atoms with Gasteiger partial charge >= 0.3 is 6.09 Å². The van der Waals surface area contributed by atoms with Crippen LogP contribution in [-0.4, -0.2) is 49.2 Å². The number of carbonyl (C=O) groups is 1. The molecule has 0 aromatic carbocycles. The van der Waals surface area contributed by atoms with Crippen LogP contribution in [0, 0.1) is 0 Å².